The molecule has 2 N–H and O–H groups in total. The molecule has 1 aromatic carbocycles. The molecule has 31 heavy (non-hydrogen) atoms. The number of amides is 1. The van der Waals surface area contributed by atoms with Crippen LogP contribution in [0.15, 0.2) is 33.6 Å². The van der Waals surface area contributed by atoms with E-state index in [4.69, 9.17) is 18.6 Å². The molecule has 1 saturated heterocycles. The molecule has 0 radical (unpaired) electrons. The van der Waals surface area contributed by atoms with E-state index in [0.717, 1.165) is 12.8 Å². The van der Waals surface area contributed by atoms with Crippen molar-refractivity contribution in [2.75, 3.05) is 33.0 Å². The third-order valence-corrected chi connectivity index (χ3v) is 7.07. The van der Waals surface area contributed by atoms with E-state index in [1.165, 1.54) is 17.3 Å². The van der Waals surface area contributed by atoms with Gasteiger partial charge in [-0.15, -0.1) is 0 Å². The monoisotopic (exact) mass is 452 g/mol. The van der Waals surface area contributed by atoms with Crippen molar-refractivity contribution in [2.45, 2.75) is 30.8 Å². The van der Waals surface area contributed by atoms with Gasteiger partial charge in [-0.2, -0.15) is 4.31 Å². The predicted molar refractivity (Wildman–Crippen MR) is 108 cm³/mol. The Hall–Kier alpha value is -2.76. The molecule has 0 aliphatic carbocycles. The number of carbonyl (C=O) groups excluding carboxylic acids is 1. The van der Waals surface area contributed by atoms with Gasteiger partial charge in [-0.25, -0.2) is 8.42 Å². The van der Waals surface area contributed by atoms with E-state index in [9.17, 15) is 18.3 Å². The molecule has 2 aromatic rings. The second-order valence-electron chi connectivity index (χ2n) is 7.33. The number of furan rings is 1. The molecule has 1 atom stereocenters. The second-order valence-corrected chi connectivity index (χ2v) is 9.24. The number of aliphatic hydroxyl groups excluding tert-OH is 1. The molecule has 11 heteroatoms. The maximum Gasteiger partial charge on any atom is 0.287 e. The Balaban J connectivity index is 1.30. The van der Waals surface area contributed by atoms with E-state index < -0.39 is 22.0 Å². The van der Waals surface area contributed by atoms with Crippen molar-refractivity contribution in [3.05, 3.63) is 35.8 Å². The number of aliphatic hydroxyl groups is 1. The number of fused-ring (bicyclic) bond motifs is 1. The molecule has 1 aromatic heterocycles. The minimum absolute atomic E-state index is 0.00811. The number of sulfonamides is 1. The van der Waals surface area contributed by atoms with Crippen LogP contribution >= 0.6 is 0 Å². The first-order chi connectivity index (χ1) is 14.8. The topological polar surface area (TPSA) is 128 Å². The zero-order valence-electron chi connectivity index (χ0n) is 17.0. The molecule has 3 heterocycles. The van der Waals surface area contributed by atoms with Crippen LogP contribution in [0.3, 0.4) is 0 Å². The van der Waals surface area contributed by atoms with Crippen LogP contribution in [-0.2, 0) is 10.0 Å². The highest BCUT2D eigenvalue weighted by Crippen LogP contribution is 2.35. The van der Waals surface area contributed by atoms with Gasteiger partial charge in [0.25, 0.3) is 5.91 Å². The molecule has 0 spiro atoms. The molecule has 1 unspecified atom stereocenters. The van der Waals surface area contributed by atoms with E-state index in [1.807, 2.05) is 0 Å². The minimum atomic E-state index is -3.69. The molecule has 0 saturated carbocycles. The lowest BCUT2D eigenvalue weighted by atomic mass is 10.3. The maximum absolute atomic E-state index is 12.7. The number of hydrogen-bond acceptors (Lipinski definition) is 8. The van der Waals surface area contributed by atoms with Gasteiger partial charge in [0.2, 0.25) is 16.8 Å². The van der Waals surface area contributed by atoms with Crippen LogP contribution < -0.4 is 19.5 Å². The average molecular weight is 452 g/mol. The molecule has 4 rings (SSSR count). The number of aryl methyl sites for hydroxylation is 1. The summed E-state index contributed by atoms with van der Waals surface area (Å²) in [5.74, 6) is 1.09. The Bertz CT molecular complexity index is 1060. The summed E-state index contributed by atoms with van der Waals surface area (Å²) in [7, 11) is -3.69. The smallest absolute Gasteiger partial charge is 0.287 e. The third-order valence-electron chi connectivity index (χ3n) is 5.06. The number of nitrogens with one attached hydrogen (secondary N) is 1. The molecule has 1 amide bonds. The number of hydrogen-bond donors (Lipinski definition) is 2. The van der Waals surface area contributed by atoms with Gasteiger partial charge in [-0.05, 0) is 31.9 Å². The first-order valence-corrected chi connectivity index (χ1v) is 11.4. The zero-order valence-corrected chi connectivity index (χ0v) is 17.8. The largest absolute Gasteiger partial charge is 0.491 e. The van der Waals surface area contributed by atoms with Crippen molar-refractivity contribution < 1.29 is 36.9 Å². The van der Waals surface area contributed by atoms with Crippen LogP contribution in [0.1, 0.15) is 29.2 Å². The summed E-state index contributed by atoms with van der Waals surface area (Å²) >= 11 is 0. The zero-order chi connectivity index (χ0) is 22.0. The normalized spacial score (nSPS) is 17.0. The van der Waals surface area contributed by atoms with Crippen molar-refractivity contribution in [3.8, 4) is 17.2 Å². The van der Waals surface area contributed by atoms with Crippen LogP contribution in [0.4, 0.5) is 0 Å². The highest BCUT2D eigenvalue weighted by atomic mass is 32.2. The lowest BCUT2D eigenvalue weighted by Gasteiger charge is -2.14. The number of nitrogens with zero attached hydrogens (tertiary/aromatic N) is 1. The highest BCUT2D eigenvalue weighted by molar-refractivity contribution is 7.89. The van der Waals surface area contributed by atoms with Crippen LogP contribution in [0, 0.1) is 6.92 Å². The summed E-state index contributed by atoms with van der Waals surface area (Å²) in [6.45, 7) is 2.42. The number of ether oxygens (including phenoxy) is 3. The summed E-state index contributed by atoms with van der Waals surface area (Å²) in [5.41, 5.74) is 0. The Morgan fingerprint density at radius 1 is 1.23 bits per heavy atom. The fraction of sp³-hybridized carbons (Fsp3) is 0.450. The van der Waals surface area contributed by atoms with Crippen molar-refractivity contribution in [1.82, 2.24) is 9.62 Å². The fourth-order valence-electron chi connectivity index (χ4n) is 3.42. The summed E-state index contributed by atoms with van der Waals surface area (Å²) in [5, 5.41) is 12.6. The van der Waals surface area contributed by atoms with Gasteiger partial charge in [0, 0.05) is 31.8 Å². The molecule has 0 bridgehead atoms. The minimum Gasteiger partial charge on any atom is -0.491 e. The lowest BCUT2D eigenvalue weighted by molar-refractivity contribution is 0.0821. The number of rotatable bonds is 8. The fourth-order valence-corrected chi connectivity index (χ4v) is 5.09. The first kappa shape index (κ1) is 21.5. The Morgan fingerprint density at radius 2 is 1.97 bits per heavy atom. The second kappa shape index (κ2) is 8.77. The molecule has 2 aliphatic rings. The van der Waals surface area contributed by atoms with Crippen molar-refractivity contribution in [3.63, 3.8) is 0 Å². The van der Waals surface area contributed by atoms with Crippen LogP contribution in [-0.4, -0.2) is 62.9 Å². The van der Waals surface area contributed by atoms with Crippen LogP contribution in [0.2, 0.25) is 0 Å². The van der Waals surface area contributed by atoms with Gasteiger partial charge >= 0.3 is 0 Å². The van der Waals surface area contributed by atoms with Crippen molar-refractivity contribution in [1.29, 1.82) is 0 Å². The molecule has 10 nitrogen and oxygen atoms in total. The average Bonchev–Trinajstić information content (AvgIpc) is 3.50. The van der Waals surface area contributed by atoms with Gasteiger partial charge < -0.3 is 29.1 Å². The van der Waals surface area contributed by atoms with E-state index in [-0.39, 0.29) is 36.4 Å². The van der Waals surface area contributed by atoms with Gasteiger partial charge in [0.15, 0.2) is 17.3 Å². The lowest BCUT2D eigenvalue weighted by Crippen LogP contribution is -2.35. The summed E-state index contributed by atoms with van der Waals surface area (Å²) in [4.78, 5) is 12.4. The predicted octanol–water partition coefficient (Wildman–Crippen LogP) is 1.27. The molecular weight excluding hydrogens is 428 g/mol. The number of benzene rings is 1. The van der Waals surface area contributed by atoms with E-state index >= 15 is 0 Å². The molecule has 1 fully saturated rings. The number of carbonyl (C=O) groups is 1. The van der Waals surface area contributed by atoms with E-state index in [2.05, 4.69) is 5.32 Å². The molecular formula is C20H24N2O8S. The van der Waals surface area contributed by atoms with Gasteiger partial charge in [-0.3, -0.25) is 4.79 Å². The molecule has 2 aliphatic heterocycles. The van der Waals surface area contributed by atoms with Crippen molar-refractivity contribution in [2.24, 2.45) is 0 Å². The van der Waals surface area contributed by atoms with Gasteiger partial charge in [0.05, 0.1) is 0 Å². The first-order valence-electron chi connectivity index (χ1n) is 9.94. The maximum atomic E-state index is 12.7. The Morgan fingerprint density at radius 3 is 2.74 bits per heavy atom. The molecule has 168 valence electrons. The summed E-state index contributed by atoms with van der Waals surface area (Å²) in [6.07, 6.45) is 0.643. The van der Waals surface area contributed by atoms with Crippen molar-refractivity contribution >= 4 is 15.9 Å². The highest BCUT2D eigenvalue weighted by Gasteiger charge is 2.31. The third kappa shape index (κ3) is 4.63. The standard InChI is InChI=1S/C20H24N2O8S/c1-13-19(31(25,26)22-6-2-3-7-22)9-18(30-13)20(24)21-10-14(23)11-27-15-4-5-16-17(8-15)29-12-28-16/h4-5,8-9,14,23H,2-3,6-7,10-12H2,1H3,(H,21,24). The summed E-state index contributed by atoms with van der Waals surface area (Å²) < 4.78 is 48.2. The van der Waals surface area contributed by atoms with Gasteiger partial charge in [0.1, 0.15) is 29.1 Å². The SMILES string of the molecule is Cc1oc(C(=O)NCC(O)COc2ccc3c(c2)OCO3)cc1S(=O)(=O)N1CCCC1. The van der Waals surface area contributed by atoms with Crippen LogP contribution in [0.25, 0.3) is 0 Å². The van der Waals surface area contributed by atoms with Gasteiger partial charge in [-0.1, -0.05) is 0 Å². The quantitative estimate of drug-likeness (QED) is 0.613. The van der Waals surface area contributed by atoms with E-state index in [1.54, 1.807) is 18.2 Å². The van der Waals surface area contributed by atoms with Crippen LogP contribution in [0.5, 0.6) is 17.2 Å². The Kier molecular flexibility index (Phi) is 6.08. The Labute approximate surface area is 179 Å². The van der Waals surface area contributed by atoms with E-state index in [0.29, 0.717) is 30.3 Å². The summed E-state index contributed by atoms with van der Waals surface area (Å²) in [6, 6.07) is 6.28.